The van der Waals surface area contributed by atoms with Crippen molar-refractivity contribution in [3.05, 3.63) is 34.1 Å². The van der Waals surface area contributed by atoms with Gasteiger partial charge in [-0.25, -0.2) is 13.2 Å². The van der Waals surface area contributed by atoms with Gasteiger partial charge in [0.25, 0.3) is 5.92 Å². The van der Waals surface area contributed by atoms with Crippen molar-refractivity contribution >= 4 is 15.9 Å². The number of hydrogen-bond donors (Lipinski definition) is 0. The Balaban J connectivity index is 1.93. The molecule has 1 nitrogen and oxygen atoms in total. The van der Waals surface area contributed by atoms with Gasteiger partial charge in [-0.2, -0.15) is 0 Å². The third-order valence-electron chi connectivity index (χ3n) is 3.18. The van der Waals surface area contributed by atoms with E-state index >= 15 is 0 Å². The molecule has 5 heteroatoms. The zero-order chi connectivity index (χ0) is 13.2. The van der Waals surface area contributed by atoms with Gasteiger partial charge in [0.05, 0.1) is 6.54 Å². The van der Waals surface area contributed by atoms with E-state index in [1.54, 1.807) is 11.0 Å². The van der Waals surface area contributed by atoms with Crippen LogP contribution in [0.2, 0.25) is 0 Å². The highest BCUT2D eigenvalue weighted by molar-refractivity contribution is 9.10. The number of rotatable bonds is 3. The van der Waals surface area contributed by atoms with E-state index in [1.165, 1.54) is 12.1 Å². The summed E-state index contributed by atoms with van der Waals surface area (Å²) in [6.45, 7) is 1.06. The molecular weight excluding hydrogens is 307 g/mol. The lowest BCUT2D eigenvalue weighted by Gasteiger charge is -2.32. The quantitative estimate of drug-likeness (QED) is 0.817. The van der Waals surface area contributed by atoms with Crippen LogP contribution in [0, 0.1) is 5.82 Å². The minimum atomic E-state index is -2.57. The van der Waals surface area contributed by atoms with Crippen molar-refractivity contribution in [3.63, 3.8) is 0 Å². The zero-order valence-electron chi connectivity index (χ0n) is 9.93. The summed E-state index contributed by atoms with van der Waals surface area (Å²) in [7, 11) is 0. The predicted molar refractivity (Wildman–Crippen MR) is 68.4 cm³/mol. The van der Waals surface area contributed by atoms with Crippen molar-refractivity contribution in [1.29, 1.82) is 0 Å². The monoisotopic (exact) mass is 321 g/mol. The topological polar surface area (TPSA) is 3.24 Å². The Hall–Kier alpha value is -0.550. The summed E-state index contributed by atoms with van der Waals surface area (Å²) in [6, 6.07) is 4.48. The fraction of sp³-hybridized carbons (Fsp3) is 0.538. The number of nitrogens with zero attached hydrogens (tertiary/aromatic N) is 1. The molecule has 18 heavy (non-hydrogen) atoms. The van der Waals surface area contributed by atoms with Gasteiger partial charge in [0.15, 0.2) is 0 Å². The van der Waals surface area contributed by atoms with Crippen LogP contribution in [0.15, 0.2) is 22.7 Å². The average Bonchev–Trinajstić information content (AvgIpc) is 2.29. The Morgan fingerprint density at radius 3 is 2.83 bits per heavy atom. The molecule has 1 aliphatic rings. The highest BCUT2D eigenvalue weighted by atomic mass is 79.9. The van der Waals surface area contributed by atoms with Crippen LogP contribution >= 0.6 is 15.9 Å². The van der Waals surface area contributed by atoms with E-state index in [0.717, 1.165) is 10.0 Å². The molecule has 0 amide bonds. The second kappa shape index (κ2) is 5.61. The van der Waals surface area contributed by atoms with E-state index in [-0.39, 0.29) is 18.8 Å². The Labute approximate surface area is 113 Å². The number of hydrogen-bond acceptors (Lipinski definition) is 1. The molecule has 0 unspecified atom stereocenters. The van der Waals surface area contributed by atoms with E-state index in [0.29, 0.717) is 25.9 Å². The molecule has 0 saturated carbocycles. The summed E-state index contributed by atoms with van der Waals surface area (Å²) in [5.74, 6) is -2.87. The van der Waals surface area contributed by atoms with E-state index in [9.17, 15) is 13.2 Å². The molecule has 2 rings (SSSR count). The van der Waals surface area contributed by atoms with Crippen LogP contribution in [0.25, 0.3) is 0 Å². The van der Waals surface area contributed by atoms with Gasteiger partial charge in [-0.05, 0) is 43.1 Å². The first kappa shape index (κ1) is 13.9. The second-order valence-electron chi connectivity index (χ2n) is 4.72. The maximum Gasteiger partial charge on any atom is 0.260 e. The molecular formula is C13H15BrF3N. The van der Waals surface area contributed by atoms with Gasteiger partial charge in [-0.1, -0.05) is 15.9 Å². The van der Waals surface area contributed by atoms with Gasteiger partial charge < -0.3 is 0 Å². The maximum atomic E-state index is 13.2. The molecule has 0 aromatic heterocycles. The largest absolute Gasteiger partial charge is 0.297 e. The SMILES string of the molecule is Fc1ccc(Br)c(CCN2CCCC(F)(F)C2)c1. The molecule has 100 valence electrons. The third kappa shape index (κ3) is 3.72. The summed E-state index contributed by atoms with van der Waals surface area (Å²) >= 11 is 3.34. The molecule has 1 saturated heterocycles. The first-order valence-corrected chi connectivity index (χ1v) is 6.80. The van der Waals surface area contributed by atoms with Crippen LogP contribution in [0.5, 0.6) is 0 Å². The molecule has 0 aliphatic carbocycles. The fourth-order valence-electron chi connectivity index (χ4n) is 2.25. The molecule has 0 N–H and O–H groups in total. The predicted octanol–water partition coefficient (Wildman–Crippen LogP) is 3.86. The van der Waals surface area contributed by atoms with Crippen LogP contribution in [-0.2, 0) is 6.42 Å². The van der Waals surface area contributed by atoms with E-state index in [1.807, 2.05) is 0 Å². The van der Waals surface area contributed by atoms with Crippen LogP contribution in [0.3, 0.4) is 0 Å². The Bertz CT molecular complexity index is 423. The minimum Gasteiger partial charge on any atom is -0.297 e. The van der Waals surface area contributed by atoms with Gasteiger partial charge in [0.1, 0.15) is 5.82 Å². The van der Waals surface area contributed by atoms with Crippen molar-refractivity contribution in [2.45, 2.75) is 25.2 Å². The van der Waals surface area contributed by atoms with Gasteiger partial charge in [0.2, 0.25) is 0 Å². The first-order chi connectivity index (χ1) is 8.46. The lowest BCUT2D eigenvalue weighted by Crippen LogP contribution is -2.43. The Kier molecular flexibility index (Phi) is 4.33. The summed E-state index contributed by atoms with van der Waals surface area (Å²) in [5, 5.41) is 0. The molecule has 1 fully saturated rings. The van der Waals surface area contributed by atoms with Crippen LogP contribution < -0.4 is 0 Å². The highest BCUT2D eigenvalue weighted by Gasteiger charge is 2.34. The molecule has 0 radical (unpaired) electrons. The molecule has 0 atom stereocenters. The van der Waals surface area contributed by atoms with Gasteiger partial charge in [-0.3, -0.25) is 4.90 Å². The Morgan fingerprint density at radius 1 is 1.33 bits per heavy atom. The number of alkyl halides is 2. The van der Waals surface area contributed by atoms with Crippen LogP contribution in [-0.4, -0.2) is 30.5 Å². The number of likely N-dealkylation sites (tertiary alicyclic amines) is 1. The molecule has 1 aromatic rings. The Morgan fingerprint density at radius 2 is 2.11 bits per heavy atom. The second-order valence-corrected chi connectivity index (χ2v) is 5.58. The minimum absolute atomic E-state index is 0.0207. The van der Waals surface area contributed by atoms with Crippen molar-refractivity contribution in [3.8, 4) is 0 Å². The average molecular weight is 322 g/mol. The lowest BCUT2D eigenvalue weighted by molar-refractivity contribution is -0.0635. The van der Waals surface area contributed by atoms with Gasteiger partial charge >= 0.3 is 0 Å². The normalized spacial score (nSPS) is 20.0. The lowest BCUT2D eigenvalue weighted by atomic mass is 10.1. The van der Waals surface area contributed by atoms with Crippen LogP contribution in [0.1, 0.15) is 18.4 Å². The molecule has 1 aromatic carbocycles. The van der Waals surface area contributed by atoms with E-state index < -0.39 is 5.92 Å². The maximum absolute atomic E-state index is 13.2. The van der Waals surface area contributed by atoms with Gasteiger partial charge in [-0.15, -0.1) is 0 Å². The van der Waals surface area contributed by atoms with Crippen molar-refractivity contribution in [2.75, 3.05) is 19.6 Å². The van der Waals surface area contributed by atoms with E-state index in [2.05, 4.69) is 15.9 Å². The standard InChI is InChI=1S/C13H15BrF3N/c14-12-3-2-11(15)8-10(12)4-7-18-6-1-5-13(16,17)9-18/h2-3,8H,1,4-7,9H2. The summed E-state index contributed by atoms with van der Waals surface area (Å²) < 4.78 is 40.3. The summed E-state index contributed by atoms with van der Waals surface area (Å²) in [4.78, 5) is 1.75. The summed E-state index contributed by atoms with van der Waals surface area (Å²) in [5.41, 5.74) is 0.823. The zero-order valence-corrected chi connectivity index (χ0v) is 11.5. The summed E-state index contributed by atoms with van der Waals surface area (Å²) in [6.07, 6.45) is 1.08. The number of piperidine rings is 1. The highest BCUT2D eigenvalue weighted by Crippen LogP contribution is 2.27. The molecule has 1 aliphatic heterocycles. The van der Waals surface area contributed by atoms with Crippen LogP contribution in [0.4, 0.5) is 13.2 Å². The number of halogens is 4. The van der Waals surface area contributed by atoms with Crippen molar-refractivity contribution < 1.29 is 13.2 Å². The van der Waals surface area contributed by atoms with Gasteiger partial charge in [0, 0.05) is 17.4 Å². The van der Waals surface area contributed by atoms with Crippen molar-refractivity contribution in [2.24, 2.45) is 0 Å². The molecule has 0 spiro atoms. The molecule has 0 bridgehead atoms. The van der Waals surface area contributed by atoms with E-state index in [4.69, 9.17) is 0 Å². The van der Waals surface area contributed by atoms with Crippen molar-refractivity contribution in [1.82, 2.24) is 4.90 Å². The first-order valence-electron chi connectivity index (χ1n) is 6.00. The number of benzene rings is 1. The third-order valence-corrected chi connectivity index (χ3v) is 3.95. The fourth-order valence-corrected chi connectivity index (χ4v) is 2.70. The molecule has 1 heterocycles. The smallest absolute Gasteiger partial charge is 0.260 e.